The Hall–Kier alpha value is -3.11. The lowest BCUT2D eigenvalue weighted by atomic mass is 10.1. The van der Waals surface area contributed by atoms with Crippen molar-refractivity contribution in [2.24, 2.45) is 0 Å². The summed E-state index contributed by atoms with van der Waals surface area (Å²) in [6.07, 6.45) is 0.243. The van der Waals surface area contributed by atoms with Gasteiger partial charge in [0.25, 0.3) is 0 Å². The van der Waals surface area contributed by atoms with Crippen LogP contribution in [-0.4, -0.2) is 17.6 Å². The van der Waals surface area contributed by atoms with Crippen molar-refractivity contribution in [3.8, 4) is 16.9 Å². The van der Waals surface area contributed by atoms with Crippen LogP contribution in [0.25, 0.3) is 11.1 Å². The average Bonchev–Trinajstić information content (AvgIpc) is 2.69. The molecule has 2 N–H and O–H groups in total. The topological polar surface area (TPSA) is 58.6 Å². The maximum atomic E-state index is 12.1. The summed E-state index contributed by atoms with van der Waals surface area (Å²) in [6, 6.07) is 25.0. The molecular weight excluding hydrogens is 326 g/mol. The second-order valence-electron chi connectivity index (χ2n) is 5.87. The van der Waals surface area contributed by atoms with E-state index in [9.17, 15) is 4.79 Å². The Balaban J connectivity index is 1.57. The van der Waals surface area contributed by atoms with Gasteiger partial charge in [-0.2, -0.15) is 0 Å². The molecule has 0 saturated carbocycles. The number of benzene rings is 3. The number of rotatable bonds is 7. The van der Waals surface area contributed by atoms with E-state index in [-0.39, 0.29) is 25.5 Å². The van der Waals surface area contributed by atoms with E-state index in [0.29, 0.717) is 5.69 Å². The fraction of sp³-hybridized carbons (Fsp3) is 0.136. The molecule has 0 aliphatic rings. The molecule has 3 aromatic carbocycles. The monoisotopic (exact) mass is 347 g/mol. The van der Waals surface area contributed by atoms with E-state index in [2.05, 4.69) is 5.32 Å². The van der Waals surface area contributed by atoms with Crippen molar-refractivity contribution in [1.82, 2.24) is 0 Å². The lowest BCUT2D eigenvalue weighted by Crippen LogP contribution is -2.15. The van der Waals surface area contributed by atoms with E-state index in [0.717, 1.165) is 22.4 Å². The molecule has 0 atom stereocenters. The Kier molecular flexibility index (Phi) is 6.01. The first kappa shape index (κ1) is 17.7. The van der Waals surface area contributed by atoms with Gasteiger partial charge in [0, 0.05) is 11.3 Å². The summed E-state index contributed by atoms with van der Waals surface area (Å²) in [5.41, 5.74) is 3.51. The number of ether oxygens (including phenoxy) is 1. The molecule has 4 heteroatoms. The third-order valence-electron chi connectivity index (χ3n) is 3.95. The molecule has 0 fully saturated rings. The average molecular weight is 347 g/mol. The second kappa shape index (κ2) is 8.83. The first-order valence-corrected chi connectivity index (χ1v) is 8.53. The second-order valence-corrected chi connectivity index (χ2v) is 5.87. The van der Waals surface area contributed by atoms with Crippen molar-refractivity contribution >= 4 is 11.6 Å². The molecule has 0 unspecified atom stereocenters. The van der Waals surface area contributed by atoms with Crippen molar-refractivity contribution in [2.45, 2.75) is 13.0 Å². The molecule has 0 saturated heterocycles. The van der Waals surface area contributed by atoms with Gasteiger partial charge in [0.1, 0.15) is 5.75 Å². The quantitative estimate of drug-likeness (QED) is 0.672. The maximum Gasteiger partial charge on any atom is 0.227 e. The van der Waals surface area contributed by atoms with Crippen molar-refractivity contribution in [1.29, 1.82) is 0 Å². The smallest absolute Gasteiger partial charge is 0.227 e. The Morgan fingerprint density at radius 3 is 2.50 bits per heavy atom. The molecule has 0 spiro atoms. The van der Waals surface area contributed by atoms with Crippen LogP contribution < -0.4 is 10.1 Å². The number of aliphatic hydroxyl groups excluding tert-OH is 1. The molecule has 0 radical (unpaired) electrons. The summed E-state index contributed by atoms with van der Waals surface area (Å²) in [5, 5.41) is 12.0. The zero-order valence-corrected chi connectivity index (χ0v) is 14.4. The fourth-order valence-corrected chi connectivity index (χ4v) is 2.67. The number of carbonyl (C=O) groups excluding carboxylic acids is 1. The van der Waals surface area contributed by atoms with Crippen molar-refractivity contribution in [3.05, 3.63) is 84.4 Å². The van der Waals surface area contributed by atoms with Gasteiger partial charge < -0.3 is 15.2 Å². The normalized spacial score (nSPS) is 10.3. The van der Waals surface area contributed by atoms with Crippen molar-refractivity contribution < 1.29 is 14.6 Å². The van der Waals surface area contributed by atoms with Gasteiger partial charge in [0.2, 0.25) is 5.91 Å². The molecular formula is C22H21NO3. The lowest BCUT2D eigenvalue weighted by molar-refractivity contribution is -0.116. The standard InChI is InChI=1S/C22H21NO3/c24-16-17-7-6-10-19(15-17)23-22(25)13-14-26-21-12-5-4-11-20(21)18-8-2-1-3-9-18/h1-12,15,24H,13-14,16H2,(H,23,25). The van der Waals surface area contributed by atoms with Gasteiger partial charge in [-0.15, -0.1) is 0 Å². The molecule has 0 heterocycles. The number of carbonyl (C=O) groups is 1. The van der Waals surface area contributed by atoms with E-state index in [1.807, 2.05) is 54.6 Å². The van der Waals surface area contributed by atoms with Crippen LogP contribution in [0.2, 0.25) is 0 Å². The molecule has 0 aliphatic heterocycles. The zero-order valence-electron chi connectivity index (χ0n) is 14.4. The highest BCUT2D eigenvalue weighted by molar-refractivity contribution is 5.90. The highest BCUT2D eigenvalue weighted by Crippen LogP contribution is 2.29. The Morgan fingerprint density at radius 1 is 0.923 bits per heavy atom. The molecule has 4 nitrogen and oxygen atoms in total. The molecule has 3 aromatic rings. The first-order valence-electron chi connectivity index (χ1n) is 8.53. The number of aliphatic hydroxyl groups is 1. The molecule has 0 aliphatic carbocycles. The van der Waals surface area contributed by atoms with Crippen LogP contribution in [0, 0.1) is 0 Å². The third kappa shape index (κ3) is 4.71. The molecule has 3 rings (SSSR count). The van der Waals surface area contributed by atoms with Gasteiger partial charge in [-0.05, 0) is 29.3 Å². The molecule has 132 valence electrons. The SMILES string of the molecule is O=C(CCOc1ccccc1-c1ccccc1)Nc1cccc(CO)c1. The lowest BCUT2D eigenvalue weighted by Gasteiger charge is -2.12. The zero-order chi connectivity index (χ0) is 18.2. The summed E-state index contributed by atoms with van der Waals surface area (Å²) >= 11 is 0. The minimum atomic E-state index is -0.128. The number of hydrogen-bond acceptors (Lipinski definition) is 3. The molecule has 0 bridgehead atoms. The number of anilines is 1. The molecule has 1 amide bonds. The van der Waals surface area contributed by atoms with Crippen LogP contribution in [0.5, 0.6) is 5.75 Å². The Labute approximate surface area is 153 Å². The van der Waals surface area contributed by atoms with Crippen LogP contribution in [0.4, 0.5) is 5.69 Å². The van der Waals surface area contributed by atoms with E-state index in [4.69, 9.17) is 9.84 Å². The van der Waals surface area contributed by atoms with E-state index >= 15 is 0 Å². The summed E-state index contributed by atoms with van der Waals surface area (Å²) in [5.74, 6) is 0.631. The summed E-state index contributed by atoms with van der Waals surface area (Å²) in [6.45, 7) is 0.235. The maximum absolute atomic E-state index is 12.1. The number of amides is 1. The first-order chi connectivity index (χ1) is 12.8. The number of hydrogen-bond donors (Lipinski definition) is 2. The minimum Gasteiger partial charge on any atom is -0.492 e. The predicted octanol–water partition coefficient (Wildman–Crippen LogP) is 4.25. The van der Waals surface area contributed by atoms with E-state index in [1.54, 1.807) is 24.3 Å². The van der Waals surface area contributed by atoms with Crippen molar-refractivity contribution in [3.63, 3.8) is 0 Å². The Morgan fingerprint density at radius 2 is 1.69 bits per heavy atom. The van der Waals surface area contributed by atoms with E-state index < -0.39 is 0 Å². The number of para-hydroxylation sites is 1. The van der Waals surface area contributed by atoms with Gasteiger partial charge in [0.15, 0.2) is 0 Å². The summed E-state index contributed by atoms with van der Waals surface area (Å²) in [4.78, 5) is 12.1. The molecule has 0 aromatic heterocycles. The summed E-state index contributed by atoms with van der Waals surface area (Å²) < 4.78 is 5.84. The highest BCUT2D eigenvalue weighted by atomic mass is 16.5. The molecule has 26 heavy (non-hydrogen) atoms. The van der Waals surface area contributed by atoms with Gasteiger partial charge in [-0.3, -0.25) is 4.79 Å². The predicted molar refractivity (Wildman–Crippen MR) is 103 cm³/mol. The fourth-order valence-electron chi connectivity index (χ4n) is 2.67. The van der Waals surface area contributed by atoms with Gasteiger partial charge in [0.05, 0.1) is 19.6 Å². The minimum absolute atomic E-state index is 0.0525. The van der Waals surface area contributed by atoms with Crippen LogP contribution in [0.3, 0.4) is 0 Å². The van der Waals surface area contributed by atoms with Gasteiger partial charge >= 0.3 is 0 Å². The van der Waals surface area contributed by atoms with Crippen LogP contribution in [0.15, 0.2) is 78.9 Å². The highest BCUT2D eigenvalue weighted by Gasteiger charge is 2.07. The van der Waals surface area contributed by atoms with Crippen LogP contribution in [-0.2, 0) is 11.4 Å². The Bertz CT molecular complexity index is 862. The van der Waals surface area contributed by atoms with E-state index in [1.165, 1.54) is 0 Å². The van der Waals surface area contributed by atoms with Crippen LogP contribution >= 0.6 is 0 Å². The van der Waals surface area contributed by atoms with Gasteiger partial charge in [-0.25, -0.2) is 0 Å². The van der Waals surface area contributed by atoms with Crippen LogP contribution in [0.1, 0.15) is 12.0 Å². The number of nitrogens with one attached hydrogen (secondary N) is 1. The van der Waals surface area contributed by atoms with Gasteiger partial charge in [-0.1, -0.05) is 60.7 Å². The van der Waals surface area contributed by atoms with Crippen molar-refractivity contribution in [2.75, 3.05) is 11.9 Å². The third-order valence-corrected chi connectivity index (χ3v) is 3.95. The largest absolute Gasteiger partial charge is 0.492 e. The summed E-state index contributed by atoms with van der Waals surface area (Å²) in [7, 11) is 0.